The standard InChI is InChI=1S/C11H20N2O3/c1-4-16-8-5-9(14)13-7-6-12-10(15)11(13,2)3/h4-8H2,1-3H3,(H,12,15). The van der Waals surface area contributed by atoms with Gasteiger partial charge in [-0.15, -0.1) is 0 Å². The molecule has 5 nitrogen and oxygen atoms in total. The Kier molecular flexibility index (Phi) is 4.29. The fraction of sp³-hybridized carbons (Fsp3) is 0.818. The summed E-state index contributed by atoms with van der Waals surface area (Å²) in [7, 11) is 0. The van der Waals surface area contributed by atoms with Crippen LogP contribution >= 0.6 is 0 Å². The van der Waals surface area contributed by atoms with Gasteiger partial charge >= 0.3 is 0 Å². The molecule has 1 N–H and O–H groups in total. The first-order valence-corrected chi connectivity index (χ1v) is 5.66. The molecule has 1 aliphatic heterocycles. The summed E-state index contributed by atoms with van der Waals surface area (Å²) in [5.74, 6) is -0.114. The van der Waals surface area contributed by atoms with Crippen LogP contribution in [0.5, 0.6) is 0 Å². The average molecular weight is 228 g/mol. The molecule has 0 saturated carbocycles. The van der Waals surface area contributed by atoms with Gasteiger partial charge in [-0.2, -0.15) is 0 Å². The predicted octanol–water partition coefficient (Wildman–Crippen LogP) is 0.150. The van der Waals surface area contributed by atoms with Crippen molar-refractivity contribution in [1.82, 2.24) is 10.2 Å². The molecule has 1 fully saturated rings. The van der Waals surface area contributed by atoms with Crippen LogP contribution in [0.2, 0.25) is 0 Å². The van der Waals surface area contributed by atoms with E-state index in [1.165, 1.54) is 0 Å². The molecule has 0 aromatic carbocycles. The molecule has 1 rings (SSSR count). The van der Waals surface area contributed by atoms with Crippen molar-refractivity contribution in [3.05, 3.63) is 0 Å². The summed E-state index contributed by atoms with van der Waals surface area (Å²) in [5.41, 5.74) is -0.748. The van der Waals surface area contributed by atoms with E-state index in [1.54, 1.807) is 18.7 Å². The van der Waals surface area contributed by atoms with Crippen molar-refractivity contribution in [2.24, 2.45) is 0 Å². The highest BCUT2D eigenvalue weighted by molar-refractivity contribution is 5.91. The molecular formula is C11H20N2O3. The highest BCUT2D eigenvalue weighted by Crippen LogP contribution is 2.18. The van der Waals surface area contributed by atoms with Crippen LogP contribution in [0.25, 0.3) is 0 Å². The third kappa shape index (κ3) is 2.72. The van der Waals surface area contributed by atoms with Crippen LogP contribution in [0.3, 0.4) is 0 Å². The highest BCUT2D eigenvalue weighted by Gasteiger charge is 2.39. The number of hydrogen-bond acceptors (Lipinski definition) is 3. The Morgan fingerprint density at radius 1 is 1.56 bits per heavy atom. The largest absolute Gasteiger partial charge is 0.381 e. The maximum Gasteiger partial charge on any atom is 0.245 e. The first-order valence-electron chi connectivity index (χ1n) is 5.66. The Hall–Kier alpha value is -1.10. The van der Waals surface area contributed by atoms with Gasteiger partial charge in [0.2, 0.25) is 11.8 Å². The molecule has 0 atom stereocenters. The summed E-state index contributed by atoms with van der Waals surface area (Å²) in [4.78, 5) is 25.2. The summed E-state index contributed by atoms with van der Waals surface area (Å²) >= 11 is 0. The minimum atomic E-state index is -0.748. The fourth-order valence-corrected chi connectivity index (χ4v) is 1.77. The summed E-state index contributed by atoms with van der Waals surface area (Å²) in [5, 5.41) is 2.76. The van der Waals surface area contributed by atoms with E-state index in [2.05, 4.69) is 5.32 Å². The van der Waals surface area contributed by atoms with Gasteiger partial charge in [0.05, 0.1) is 13.0 Å². The Bertz CT molecular complexity index is 276. The second kappa shape index (κ2) is 5.30. The number of piperazine rings is 1. The van der Waals surface area contributed by atoms with Gasteiger partial charge in [-0.05, 0) is 20.8 Å². The molecule has 0 aliphatic carbocycles. The van der Waals surface area contributed by atoms with Crippen molar-refractivity contribution >= 4 is 11.8 Å². The molecule has 92 valence electrons. The van der Waals surface area contributed by atoms with E-state index >= 15 is 0 Å². The van der Waals surface area contributed by atoms with Gasteiger partial charge in [0.1, 0.15) is 5.54 Å². The summed E-state index contributed by atoms with van der Waals surface area (Å²) in [6.45, 7) is 7.55. The van der Waals surface area contributed by atoms with Crippen molar-refractivity contribution in [2.75, 3.05) is 26.3 Å². The number of carbonyl (C=O) groups is 2. The third-order valence-electron chi connectivity index (χ3n) is 2.82. The smallest absolute Gasteiger partial charge is 0.245 e. The molecule has 16 heavy (non-hydrogen) atoms. The zero-order valence-electron chi connectivity index (χ0n) is 10.2. The van der Waals surface area contributed by atoms with Crippen LogP contribution in [0.4, 0.5) is 0 Å². The van der Waals surface area contributed by atoms with Crippen molar-refractivity contribution in [2.45, 2.75) is 32.7 Å². The average Bonchev–Trinajstić information content (AvgIpc) is 2.22. The lowest BCUT2D eigenvalue weighted by Crippen LogP contribution is -2.63. The monoisotopic (exact) mass is 228 g/mol. The molecule has 1 heterocycles. The van der Waals surface area contributed by atoms with Gasteiger partial charge in [0, 0.05) is 19.7 Å². The quantitative estimate of drug-likeness (QED) is 0.697. The lowest BCUT2D eigenvalue weighted by Gasteiger charge is -2.41. The Labute approximate surface area is 96.1 Å². The maximum absolute atomic E-state index is 11.9. The molecule has 1 saturated heterocycles. The van der Waals surface area contributed by atoms with Gasteiger partial charge in [0.15, 0.2) is 0 Å². The molecular weight excluding hydrogens is 208 g/mol. The van der Waals surface area contributed by atoms with Crippen LogP contribution < -0.4 is 5.32 Å². The molecule has 0 radical (unpaired) electrons. The summed E-state index contributed by atoms with van der Waals surface area (Å²) < 4.78 is 5.14. The SMILES string of the molecule is CCOCCC(=O)N1CCNC(=O)C1(C)C. The van der Waals surface area contributed by atoms with Gasteiger partial charge < -0.3 is 15.0 Å². The molecule has 0 unspecified atom stereocenters. The number of nitrogens with zero attached hydrogens (tertiary/aromatic N) is 1. The van der Waals surface area contributed by atoms with E-state index in [0.717, 1.165) is 0 Å². The lowest BCUT2D eigenvalue weighted by atomic mass is 9.98. The van der Waals surface area contributed by atoms with Crippen LogP contribution in [-0.4, -0.2) is 48.6 Å². The van der Waals surface area contributed by atoms with Crippen LogP contribution in [0.1, 0.15) is 27.2 Å². The van der Waals surface area contributed by atoms with E-state index in [-0.39, 0.29) is 11.8 Å². The molecule has 0 bridgehead atoms. The maximum atomic E-state index is 11.9. The molecule has 1 aliphatic rings. The van der Waals surface area contributed by atoms with E-state index < -0.39 is 5.54 Å². The fourth-order valence-electron chi connectivity index (χ4n) is 1.77. The Balaban J connectivity index is 2.56. The van der Waals surface area contributed by atoms with Crippen molar-refractivity contribution in [3.8, 4) is 0 Å². The molecule has 5 heteroatoms. The zero-order chi connectivity index (χ0) is 12.2. The minimum Gasteiger partial charge on any atom is -0.381 e. The van der Waals surface area contributed by atoms with Gasteiger partial charge in [-0.25, -0.2) is 0 Å². The van der Waals surface area contributed by atoms with Gasteiger partial charge in [-0.3, -0.25) is 9.59 Å². The first-order chi connectivity index (χ1) is 7.50. The molecule has 0 spiro atoms. The van der Waals surface area contributed by atoms with Crippen LogP contribution in [0.15, 0.2) is 0 Å². The Morgan fingerprint density at radius 3 is 2.88 bits per heavy atom. The number of amides is 2. The topological polar surface area (TPSA) is 58.6 Å². The second-order valence-electron chi connectivity index (χ2n) is 4.31. The normalized spacial score (nSPS) is 19.4. The van der Waals surface area contributed by atoms with Crippen LogP contribution in [-0.2, 0) is 14.3 Å². The number of ether oxygens (including phenoxy) is 1. The van der Waals surface area contributed by atoms with Gasteiger partial charge in [0.25, 0.3) is 0 Å². The van der Waals surface area contributed by atoms with E-state index in [1.807, 2.05) is 6.92 Å². The molecule has 0 aromatic heterocycles. The van der Waals surface area contributed by atoms with E-state index in [9.17, 15) is 9.59 Å². The second-order valence-corrected chi connectivity index (χ2v) is 4.31. The number of carbonyl (C=O) groups excluding carboxylic acids is 2. The minimum absolute atomic E-state index is 0.0201. The molecule has 2 amide bonds. The first kappa shape index (κ1) is 13.0. The zero-order valence-corrected chi connectivity index (χ0v) is 10.2. The Morgan fingerprint density at radius 2 is 2.25 bits per heavy atom. The number of rotatable bonds is 4. The van der Waals surface area contributed by atoms with Crippen molar-refractivity contribution in [1.29, 1.82) is 0 Å². The predicted molar refractivity (Wildman–Crippen MR) is 59.9 cm³/mol. The summed E-state index contributed by atoms with van der Waals surface area (Å²) in [6.07, 6.45) is 0.338. The van der Waals surface area contributed by atoms with Gasteiger partial charge in [-0.1, -0.05) is 0 Å². The molecule has 0 aromatic rings. The highest BCUT2D eigenvalue weighted by atomic mass is 16.5. The van der Waals surface area contributed by atoms with Crippen molar-refractivity contribution < 1.29 is 14.3 Å². The lowest BCUT2D eigenvalue weighted by molar-refractivity contribution is -0.149. The van der Waals surface area contributed by atoms with E-state index in [4.69, 9.17) is 4.74 Å². The number of nitrogens with one attached hydrogen (secondary N) is 1. The van der Waals surface area contributed by atoms with Crippen LogP contribution in [0, 0.1) is 0 Å². The summed E-state index contributed by atoms with van der Waals surface area (Å²) in [6, 6.07) is 0. The van der Waals surface area contributed by atoms with E-state index in [0.29, 0.717) is 32.7 Å². The third-order valence-corrected chi connectivity index (χ3v) is 2.82. The van der Waals surface area contributed by atoms with Crippen molar-refractivity contribution in [3.63, 3.8) is 0 Å². The number of hydrogen-bond donors (Lipinski definition) is 1.